The van der Waals surface area contributed by atoms with Gasteiger partial charge in [-0.3, -0.25) is 0 Å². The number of aromatic amines is 1. The molecule has 0 aromatic carbocycles. The molecule has 0 radical (unpaired) electrons. The van der Waals surface area contributed by atoms with Gasteiger partial charge in [0.2, 0.25) is 0 Å². The third-order valence-corrected chi connectivity index (χ3v) is 0.406. The lowest BCUT2D eigenvalue weighted by Gasteiger charge is -1.46. The summed E-state index contributed by atoms with van der Waals surface area (Å²) in [4.78, 5) is 6.42. The van der Waals surface area contributed by atoms with Gasteiger partial charge < -0.3 is 4.98 Å². The van der Waals surface area contributed by atoms with E-state index in [4.69, 9.17) is 0 Å². The van der Waals surface area contributed by atoms with Crippen LogP contribution in [0.4, 0.5) is 0 Å². The van der Waals surface area contributed by atoms with Crippen LogP contribution in [0.3, 0.4) is 0 Å². The molecule has 0 saturated carbocycles. The largest absolute Gasteiger partial charge is 0.351 e. The highest BCUT2D eigenvalue weighted by Crippen LogP contribution is 1.62. The predicted octanol–water partition coefficient (Wildman–Crippen LogP) is 1.00. The Bertz CT molecular complexity index is 79.8. The van der Waals surface area contributed by atoms with Gasteiger partial charge in [0.05, 0.1) is 6.33 Å². The zero-order chi connectivity index (χ0) is 5.54. The molecule has 0 fully saturated rings. The van der Waals surface area contributed by atoms with Crippen molar-refractivity contribution in [2.75, 3.05) is 0 Å². The van der Waals surface area contributed by atoms with E-state index in [1.165, 1.54) is 0 Å². The van der Waals surface area contributed by atoms with E-state index in [2.05, 4.69) is 29.8 Å². The molecular formula is C3H5N2PS. The molecule has 7 heavy (non-hydrogen) atoms. The van der Waals surface area contributed by atoms with Gasteiger partial charge in [-0.25, -0.2) is 4.98 Å². The average Bonchev–Trinajstić information content (AvgIpc) is 2.23. The number of hydrogen-bond donors (Lipinski definition) is 1. The molecule has 0 aliphatic heterocycles. The van der Waals surface area contributed by atoms with Crippen molar-refractivity contribution >= 4 is 19.8 Å². The standard InChI is InChI=1S/C3H4N2.HPS/c1-2-5-3-4-1;1-2/h1-3H,(H,4,5);1H. The second-order valence-corrected chi connectivity index (χ2v) is 0.761. The normalized spacial score (nSPS) is 6.29. The van der Waals surface area contributed by atoms with Crippen LogP contribution < -0.4 is 0 Å². The minimum absolute atomic E-state index is 1.62. The highest BCUT2D eigenvalue weighted by Gasteiger charge is 1.56. The smallest absolute Gasteiger partial charge is 0.0919 e. The number of rotatable bonds is 0. The van der Waals surface area contributed by atoms with E-state index >= 15 is 0 Å². The Balaban J connectivity index is 0.000000162. The molecule has 0 amide bonds. The second-order valence-electron chi connectivity index (χ2n) is 0.761. The van der Waals surface area contributed by atoms with Gasteiger partial charge in [0, 0.05) is 12.4 Å². The van der Waals surface area contributed by atoms with Gasteiger partial charge in [-0.15, -0.1) is 0 Å². The van der Waals surface area contributed by atoms with Crippen LogP contribution in [0.2, 0.25) is 0 Å². The molecule has 4 heteroatoms. The summed E-state index contributed by atoms with van der Waals surface area (Å²) in [6, 6.07) is 0. The van der Waals surface area contributed by atoms with Crippen molar-refractivity contribution in [2.24, 2.45) is 0 Å². The number of aromatic nitrogens is 2. The number of nitrogens with one attached hydrogen (secondary N) is 1. The van der Waals surface area contributed by atoms with E-state index in [0.29, 0.717) is 0 Å². The summed E-state index contributed by atoms with van der Waals surface area (Å²) in [5.41, 5.74) is 0. The lowest BCUT2D eigenvalue weighted by molar-refractivity contribution is 1.31. The van der Waals surface area contributed by atoms with Gasteiger partial charge in [0.1, 0.15) is 0 Å². The van der Waals surface area contributed by atoms with E-state index in [1.54, 1.807) is 18.7 Å². The van der Waals surface area contributed by atoms with Crippen molar-refractivity contribution < 1.29 is 0 Å². The molecule has 1 rings (SSSR count). The monoisotopic (exact) mass is 132 g/mol. The lowest BCUT2D eigenvalue weighted by Crippen LogP contribution is -1.44. The molecule has 1 heterocycles. The Hall–Kier alpha value is -0.270. The fourth-order valence-electron chi connectivity index (χ4n) is 0.215. The first kappa shape index (κ1) is 6.73. The van der Waals surface area contributed by atoms with Crippen LogP contribution in [0.1, 0.15) is 0 Å². The van der Waals surface area contributed by atoms with Gasteiger partial charge in [-0.2, -0.15) is 0 Å². The first-order valence-electron chi connectivity index (χ1n) is 1.63. The summed E-state index contributed by atoms with van der Waals surface area (Å²) in [5, 5.41) is 0. The van der Waals surface area contributed by atoms with E-state index in [0.717, 1.165) is 0 Å². The van der Waals surface area contributed by atoms with Crippen LogP contribution >= 0.6 is 8.02 Å². The van der Waals surface area contributed by atoms with Crippen LogP contribution in [0.5, 0.6) is 0 Å². The van der Waals surface area contributed by atoms with Crippen molar-refractivity contribution in [3.63, 3.8) is 0 Å². The number of hydrogen-bond acceptors (Lipinski definition) is 2. The summed E-state index contributed by atoms with van der Waals surface area (Å²) in [5.74, 6) is 0. The maximum atomic E-state index is 3.89. The molecule has 0 atom stereocenters. The van der Waals surface area contributed by atoms with E-state index < -0.39 is 0 Å². The molecule has 0 bridgehead atoms. The molecule has 1 N–H and O–H groups in total. The maximum absolute atomic E-state index is 3.89. The summed E-state index contributed by atoms with van der Waals surface area (Å²) in [7, 11) is 2.56. The molecule has 0 unspecified atom stereocenters. The molecule has 38 valence electrons. The number of H-pyrrole nitrogens is 1. The fourth-order valence-corrected chi connectivity index (χ4v) is 0.215. The summed E-state index contributed by atoms with van der Waals surface area (Å²) in [6.45, 7) is 0. The first-order chi connectivity index (χ1) is 3.50. The number of nitrogens with zero attached hydrogens (tertiary/aromatic N) is 1. The fraction of sp³-hybridized carbons (Fsp3) is 0. The molecular weight excluding hydrogens is 127 g/mol. The van der Waals surface area contributed by atoms with Crippen LogP contribution in [0.25, 0.3) is 0 Å². The first-order valence-corrected chi connectivity index (χ1v) is 3.26. The van der Waals surface area contributed by atoms with Crippen molar-refractivity contribution in [1.82, 2.24) is 9.97 Å². The zero-order valence-corrected chi connectivity index (χ0v) is 5.40. The van der Waals surface area contributed by atoms with Crippen molar-refractivity contribution in [3.05, 3.63) is 18.7 Å². The van der Waals surface area contributed by atoms with Crippen molar-refractivity contribution in [2.45, 2.75) is 0 Å². The van der Waals surface area contributed by atoms with Crippen LogP contribution in [-0.2, 0) is 11.8 Å². The molecule has 0 aliphatic carbocycles. The van der Waals surface area contributed by atoms with Crippen molar-refractivity contribution in [1.29, 1.82) is 0 Å². The third kappa shape index (κ3) is 3.56. The maximum Gasteiger partial charge on any atom is 0.0919 e. The summed E-state index contributed by atoms with van der Waals surface area (Å²) in [6.07, 6.45) is 5.08. The van der Waals surface area contributed by atoms with Crippen LogP contribution in [0.15, 0.2) is 18.7 Å². The highest BCUT2D eigenvalue weighted by atomic mass is 32.4. The topological polar surface area (TPSA) is 28.7 Å². The molecule has 2 nitrogen and oxygen atoms in total. The SMILES string of the molecule is P=S.c1c[nH]cn1. The van der Waals surface area contributed by atoms with Gasteiger partial charge in [0.25, 0.3) is 0 Å². The molecule has 0 spiro atoms. The van der Waals surface area contributed by atoms with Crippen molar-refractivity contribution in [3.8, 4) is 0 Å². The summed E-state index contributed by atoms with van der Waals surface area (Å²) >= 11 is 3.89. The summed E-state index contributed by atoms with van der Waals surface area (Å²) < 4.78 is 0. The minimum Gasteiger partial charge on any atom is -0.351 e. The molecule has 0 aliphatic rings. The van der Waals surface area contributed by atoms with E-state index in [9.17, 15) is 0 Å². The number of imidazole rings is 1. The Morgan fingerprint density at radius 2 is 2.29 bits per heavy atom. The Morgan fingerprint density at radius 1 is 1.57 bits per heavy atom. The van der Waals surface area contributed by atoms with E-state index in [-0.39, 0.29) is 0 Å². The van der Waals surface area contributed by atoms with Crippen LogP contribution in [-0.4, -0.2) is 9.97 Å². The Kier molecular flexibility index (Phi) is 5.51. The quantitative estimate of drug-likeness (QED) is 0.533. The average molecular weight is 132 g/mol. The molecule has 1 aromatic rings. The highest BCUT2D eigenvalue weighted by molar-refractivity contribution is 7.88. The zero-order valence-electron chi connectivity index (χ0n) is 3.59. The molecule has 1 aromatic heterocycles. The minimum atomic E-state index is 1.62. The van der Waals surface area contributed by atoms with Gasteiger partial charge in [-0.1, -0.05) is 11.8 Å². The second kappa shape index (κ2) is 5.73. The molecule has 0 saturated heterocycles. The van der Waals surface area contributed by atoms with Gasteiger partial charge in [-0.05, 0) is 8.02 Å². The predicted molar refractivity (Wildman–Crippen MR) is 34.3 cm³/mol. The lowest BCUT2D eigenvalue weighted by atomic mass is 11.0. The Morgan fingerprint density at radius 3 is 2.43 bits per heavy atom. The Labute approximate surface area is 49.2 Å². The third-order valence-electron chi connectivity index (χ3n) is 0.406. The van der Waals surface area contributed by atoms with Crippen LogP contribution in [0, 0.1) is 0 Å². The van der Waals surface area contributed by atoms with E-state index in [1.807, 2.05) is 0 Å². The van der Waals surface area contributed by atoms with Gasteiger partial charge >= 0.3 is 0 Å². The van der Waals surface area contributed by atoms with Gasteiger partial charge in [0.15, 0.2) is 0 Å².